The molecule has 0 spiro atoms. The van der Waals surface area contributed by atoms with Gasteiger partial charge in [0.2, 0.25) is 16.5 Å². The summed E-state index contributed by atoms with van der Waals surface area (Å²) in [6.45, 7) is -1.29. The molecule has 0 saturated carbocycles. The largest absolute Gasteiger partial charge is 0.481 e. The Morgan fingerprint density at radius 1 is 0.628 bits per heavy atom. The van der Waals surface area contributed by atoms with Gasteiger partial charge in [0.25, 0.3) is 46.5 Å². The first-order valence-electron chi connectivity index (χ1n) is 20.1. The van der Waals surface area contributed by atoms with E-state index in [1.807, 2.05) is 0 Å². The van der Waals surface area contributed by atoms with Crippen LogP contribution in [0.15, 0.2) is 134 Å². The molecule has 33 nitrogen and oxygen atoms in total. The number of aromatic amines is 2. The fourth-order valence-corrected chi connectivity index (χ4v) is 10.6. The molecule has 6 rings (SSSR count). The molecule has 0 bridgehead atoms. The summed E-state index contributed by atoms with van der Waals surface area (Å²) in [5.41, 5.74) is -3.38. The number of sulfone groups is 1. The van der Waals surface area contributed by atoms with E-state index in [2.05, 4.69) is 60.2 Å². The molecule has 78 heavy (non-hydrogen) atoms. The number of fused-ring (bicyclic) bond motifs is 1. The fraction of sp³-hybridized carbons (Fsp3) is 0.108. The third kappa shape index (κ3) is 17.0. The van der Waals surface area contributed by atoms with Gasteiger partial charge in [0.15, 0.2) is 9.84 Å². The third-order valence-corrected chi connectivity index (χ3v) is 15.3. The van der Waals surface area contributed by atoms with E-state index in [-0.39, 0.29) is 86.4 Å². The monoisotopic (exact) mass is 1230 g/mol. The first kappa shape index (κ1) is 62.3. The molecule has 41 heteroatoms. The number of halogens is 1. The molecule has 411 valence electrons. The molecule has 12 N–H and O–H groups in total. The summed E-state index contributed by atoms with van der Waals surface area (Å²) in [6.07, 6.45) is -0.532. The Morgan fingerprint density at radius 3 is 1.83 bits per heavy atom. The van der Waals surface area contributed by atoms with Crippen molar-refractivity contribution in [3.05, 3.63) is 95.4 Å². The van der Waals surface area contributed by atoms with Crippen LogP contribution in [0.3, 0.4) is 0 Å². The predicted octanol–water partition coefficient (Wildman–Crippen LogP) is 3.83. The minimum Gasteiger partial charge on any atom is -0.481 e. The molecule has 0 aliphatic rings. The molecular formula is C37H33ClN12NaO21S6. The Hall–Kier alpha value is -6.54. The molecule has 1 heterocycles. The molecule has 0 atom stereocenters. The number of carboxylic acid groups (broad SMARTS) is 1. The summed E-state index contributed by atoms with van der Waals surface area (Å²) in [6, 6.07) is 10.7. The molecule has 0 aliphatic carbocycles. The molecule has 0 aliphatic heterocycles. The number of azo groups is 2. The van der Waals surface area contributed by atoms with E-state index in [0.717, 1.165) is 48.5 Å². The molecule has 1 aromatic heterocycles. The number of hydrogen-bond donors (Lipinski definition) is 12. The second-order valence-corrected chi connectivity index (χ2v) is 24.1. The van der Waals surface area contributed by atoms with Crippen molar-refractivity contribution in [1.82, 2.24) is 15.0 Å². The average molecular weight is 1230 g/mol. The molecule has 1 radical (unpaired) electrons. The number of nitrogens with zero attached hydrogens (tertiary/aromatic N) is 7. The Kier molecular flexibility index (Phi) is 19.4. The first-order valence-corrected chi connectivity index (χ1v) is 29.3. The SMILES string of the molecule is N=C(O)Nc1cc(N=c2nc(Cl)[nH]c(=Nc3cc(NCCC(=O)O)c(S(=O)(=O)O)cc3N=Nc3ccc(S(=O)(=O)CCOS(=O)(=O)O)cc3)[nH]2)ccc1N=Nc1cc2c(S(=O)(=O)O)cc(S(=O)(=O)O)cc2cc1S(=O)(=O)O.[Na]. The molecule has 6 aromatic rings. The van der Waals surface area contributed by atoms with Gasteiger partial charge in [0.1, 0.15) is 31.7 Å². The first-order chi connectivity index (χ1) is 35.6. The Morgan fingerprint density at radius 2 is 1.24 bits per heavy atom. The van der Waals surface area contributed by atoms with Crippen molar-refractivity contribution >= 4 is 170 Å². The zero-order valence-corrected chi connectivity index (χ0v) is 46.3. The van der Waals surface area contributed by atoms with Crippen molar-refractivity contribution in [2.45, 2.75) is 30.9 Å². The number of aromatic nitrogens is 3. The average Bonchev–Trinajstić information content (AvgIpc) is 3.35. The van der Waals surface area contributed by atoms with Crippen LogP contribution in [0.2, 0.25) is 5.28 Å². The van der Waals surface area contributed by atoms with Crippen LogP contribution in [0.5, 0.6) is 0 Å². The second kappa shape index (κ2) is 24.2. The number of carbonyl (C=O) groups is 1. The zero-order chi connectivity index (χ0) is 57.1. The van der Waals surface area contributed by atoms with E-state index in [9.17, 15) is 78.6 Å². The van der Waals surface area contributed by atoms with Crippen molar-refractivity contribution in [3.8, 4) is 0 Å². The topological polar surface area (TPSA) is 539 Å². The molecule has 0 fully saturated rings. The minimum absolute atomic E-state index is 0. The van der Waals surface area contributed by atoms with Gasteiger partial charge in [-0.15, -0.1) is 15.3 Å². The number of aliphatic hydroxyl groups is 1. The number of benzene rings is 5. The van der Waals surface area contributed by atoms with Gasteiger partial charge in [-0.3, -0.25) is 38.0 Å². The van der Waals surface area contributed by atoms with Crippen molar-refractivity contribution in [2.75, 3.05) is 29.5 Å². The number of amidine groups is 1. The van der Waals surface area contributed by atoms with Gasteiger partial charge >= 0.3 is 16.4 Å². The third-order valence-electron chi connectivity index (χ3n) is 9.51. The Balaban J connectivity index is 0.0000112. The number of hydrogen-bond acceptors (Lipinski definition) is 23. The van der Waals surface area contributed by atoms with Gasteiger partial charge in [-0.2, -0.15) is 52.2 Å². The molecular weight excluding hydrogens is 1200 g/mol. The second-order valence-electron chi connectivity index (χ2n) is 15.0. The van der Waals surface area contributed by atoms with Crippen LogP contribution in [0.25, 0.3) is 10.8 Å². The summed E-state index contributed by atoms with van der Waals surface area (Å²) in [5, 5.41) is 45.5. The number of rotatable bonds is 20. The van der Waals surface area contributed by atoms with Gasteiger partial charge in [-0.25, -0.2) is 22.6 Å². The molecule has 0 amide bonds. The summed E-state index contributed by atoms with van der Waals surface area (Å²) >= 11 is 6.28. The molecule has 0 unspecified atom stereocenters. The maximum absolute atomic E-state index is 12.7. The normalized spacial score (nSPS) is 13.3. The molecule has 5 aromatic carbocycles. The predicted molar refractivity (Wildman–Crippen MR) is 269 cm³/mol. The van der Waals surface area contributed by atoms with Crippen LogP contribution in [0, 0.1) is 5.41 Å². The summed E-state index contributed by atoms with van der Waals surface area (Å²) in [5.74, 6) is -2.14. The maximum atomic E-state index is 12.7. The van der Waals surface area contributed by atoms with Gasteiger partial charge in [0, 0.05) is 41.5 Å². The smallest absolute Gasteiger partial charge is 0.397 e. The van der Waals surface area contributed by atoms with E-state index in [1.165, 1.54) is 6.07 Å². The van der Waals surface area contributed by atoms with Crippen LogP contribution in [0.4, 0.5) is 45.5 Å². The van der Waals surface area contributed by atoms with Crippen molar-refractivity contribution in [2.24, 2.45) is 30.4 Å². The van der Waals surface area contributed by atoms with E-state index in [1.54, 1.807) is 0 Å². The Bertz CT molecular complexity index is 4340. The number of aliphatic hydroxyl groups excluding tert-OH is 1. The van der Waals surface area contributed by atoms with Crippen LogP contribution >= 0.6 is 11.6 Å². The standard InChI is InChI=1S/C37H33ClN12O21S6.Na/c38-34-44-36(41-20-3-6-24(25(13-20)42-35(39)53)48-50-29-15-23-18(12-31(29)75(62,63)64)11-22(73(56,57)58)14-30(23)74(59,60)61)46-37(45-34)43-26-16-28(40-8-7-33(51)52)32(76(65,66)67)17-27(26)49-47-19-1-4-21(5-2-19)72(54,55)10-9-71-77(68,69)70;/h1-6,11-17,40H,7-10H2,(H,51,52)(H3,39,42,53)(H,56,57,58)(H,59,60,61)(H,62,63,64)(H,65,66,67)(H,68,69,70)(H2,41,43,44,45,46);. The van der Waals surface area contributed by atoms with Crippen molar-refractivity contribution in [3.63, 3.8) is 0 Å². The quantitative estimate of drug-likeness (QED) is 0.0170. The van der Waals surface area contributed by atoms with Crippen molar-refractivity contribution < 1.29 is 92.5 Å². The fourth-order valence-electron chi connectivity index (χ4n) is 6.30. The van der Waals surface area contributed by atoms with Crippen molar-refractivity contribution in [1.29, 1.82) is 5.41 Å². The van der Waals surface area contributed by atoms with E-state index in [0.29, 0.717) is 24.3 Å². The number of anilines is 2. The van der Waals surface area contributed by atoms with E-state index < -0.39 is 138 Å². The zero-order valence-electron chi connectivity index (χ0n) is 38.6. The number of carboxylic acids is 1. The van der Waals surface area contributed by atoms with Crippen LogP contribution in [-0.4, -0.2) is 159 Å². The number of H-pyrrole nitrogens is 2. The van der Waals surface area contributed by atoms with Gasteiger partial charge in [-0.1, -0.05) is 0 Å². The van der Waals surface area contributed by atoms with Crippen LogP contribution in [-0.2, 0) is 69.7 Å². The summed E-state index contributed by atoms with van der Waals surface area (Å²) < 4.78 is 198. The van der Waals surface area contributed by atoms with E-state index >= 15 is 0 Å². The van der Waals surface area contributed by atoms with Gasteiger partial charge in [-0.05, 0) is 95.8 Å². The summed E-state index contributed by atoms with van der Waals surface area (Å²) in [7, 11) is -29.9. The summed E-state index contributed by atoms with van der Waals surface area (Å²) in [4.78, 5) is 24.6. The van der Waals surface area contributed by atoms with Gasteiger partial charge in [0.05, 0.1) is 57.0 Å². The minimum atomic E-state index is -5.30. The number of nitrogens with one attached hydrogen (secondary N) is 5. The van der Waals surface area contributed by atoms with Crippen LogP contribution in [0.1, 0.15) is 6.42 Å². The van der Waals surface area contributed by atoms with E-state index in [4.69, 9.17) is 26.7 Å². The maximum Gasteiger partial charge on any atom is 0.397 e. The Labute approximate surface area is 465 Å². The number of aliphatic carboxylic acids is 1. The van der Waals surface area contributed by atoms with Crippen LogP contribution < -0.4 is 21.9 Å². The van der Waals surface area contributed by atoms with Gasteiger partial charge < -0.3 is 25.8 Å². The molecule has 0 saturated heterocycles.